The normalized spacial score (nSPS) is 16.0. The maximum atomic E-state index is 12.2. The molecular weight excluding hydrogens is 410 g/mol. The van der Waals surface area contributed by atoms with Crippen molar-refractivity contribution in [1.29, 1.82) is 0 Å². The lowest BCUT2D eigenvalue weighted by Gasteiger charge is -2.31. The quantitative estimate of drug-likeness (QED) is 0.183. The van der Waals surface area contributed by atoms with Crippen molar-refractivity contribution in [3.63, 3.8) is 0 Å². The van der Waals surface area contributed by atoms with E-state index in [1.54, 1.807) is 0 Å². The van der Waals surface area contributed by atoms with E-state index in [0.717, 1.165) is 6.42 Å². The van der Waals surface area contributed by atoms with Gasteiger partial charge in [-0.25, -0.2) is 0 Å². The monoisotopic (exact) mass is 433 g/mol. The second-order valence-corrected chi connectivity index (χ2v) is 7.79. The Morgan fingerprint density at radius 1 is 1.24 bits per heavy atom. The van der Waals surface area contributed by atoms with E-state index in [4.69, 9.17) is 10.8 Å². The number of rotatable bonds is 12. The minimum Gasteiger partial charge on any atom is -0.616 e. The van der Waals surface area contributed by atoms with Gasteiger partial charge >= 0.3 is 11.9 Å². The van der Waals surface area contributed by atoms with Gasteiger partial charge in [-0.3, -0.25) is 24.0 Å². The number of aliphatic carboxylic acids is 1. The maximum absolute atomic E-state index is 12.2. The molecule has 0 saturated carbocycles. The summed E-state index contributed by atoms with van der Waals surface area (Å²) in [5.41, 5.74) is 5.37. The van der Waals surface area contributed by atoms with Gasteiger partial charge in [-0.15, -0.1) is 4.91 Å². The van der Waals surface area contributed by atoms with Crippen LogP contribution >= 0.6 is 0 Å². The number of hydrogen-bond donors (Lipinski definition) is 4. The minimum atomic E-state index is -1.79. The smallest absolute Gasteiger partial charge is 0.322 e. The molecule has 14 heteroatoms. The van der Waals surface area contributed by atoms with Crippen LogP contribution in [0.15, 0.2) is 5.18 Å². The summed E-state index contributed by atoms with van der Waals surface area (Å²) in [4.78, 5) is 69.3. The number of carboxylic acid groups (broad SMARTS) is 1. The fourth-order valence-electron chi connectivity index (χ4n) is 2.25. The molecule has 0 radical (unpaired) electrons. The summed E-state index contributed by atoms with van der Waals surface area (Å²) in [5.74, 6) is -5.14. The van der Waals surface area contributed by atoms with Crippen molar-refractivity contribution in [3.8, 4) is 0 Å². The Kier molecular flexibility index (Phi) is 10.2. The number of amides is 4. The molecule has 1 heterocycles. The second kappa shape index (κ2) is 12.1. The van der Waals surface area contributed by atoms with Gasteiger partial charge in [-0.1, -0.05) is 0 Å². The molecule has 5 N–H and O–H groups in total. The molecular formula is C15H23N5O8S. The van der Waals surface area contributed by atoms with Crippen LogP contribution in [0.4, 0.5) is 0 Å². The van der Waals surface area contributed by atoms with Crippen LogP contribution in [0.1, 0.15) is 19.3 Å². The van der Waals surface area contributed by atoms with Gasteiger partial charge in [0.15, 0.2) is 11.8 Å². The van der Waals surface area contributed by atoms with Crippen LogP contribution in [0.2, 0.25) is 0 Å². The molecule has 1 aliphatic rings. The van der Waals surface area contributed by atoms with E-state index in [1.807, 2.05) is 0 Å². The highest BCUT2D eigenvalue weighted by molar-refractivity contribution is 7.92. The van der Waals surface area contributed by atoms with Crippen LogP contribution in [0, 0.1) is 4.91 Å². The zero-order valence-electron chi connectivity index (χ0n) is 15.5. The van der Waals surface area contributed by atoms with Gasteiger partial charge in [0.25, 0.3) is 5.91 Å². The van der Waals surface area contributed by atoms with E-state index in [9.17, 15) is 33.4 Å². The van der Waals surface area contributed by atoms with E-state index in [2.05, 4.69) is 15.8 Å². The number of likely N-dealkylation sites (tertiary alicyclic amines) is 1. The van der Waals surface area contributed by atoms with Gasteiger partial charge < -0.3 is 30.9 Å². The third kappa shape index (κ3) is 8.97. The number of carboxylic acids is 1. The Balaban J connectivity index is 2.63. The van der Waals surface area contributed by atoms with Crippen LogP contribution in [-0.4, -0.2) is 87.4 Å². The lowest BCUT2D eigenvalue weighted by molar-refractivity contribution is -0.138. The first-order chi connectivity index (χ1) is 13.6. The molecule has 0 aliphatic carbocycles. The van der Waals surface area contributed by atoms with Crippen molar-refractivity contribution in [2.75, 3.05) is 31.1 Å². The van der Waals surface area contributed by atoms with E-state index in [1.165, 1.54) is 4.90 Å². The van der Waals surface area contributed by atoms with Gasteiger partial charge in [0.1, 0.15) is 12.3 Å². The predicted molar refractivity (Wildman–Crippen MR) is 99.7 cm³/mol. The van der Waals surface area contributed by atoms with Crippen LogP contribution in [0.5, 0.6) is 0 Å². The number of nitroso groups, excluding NO2 is 1. The van der Waals surface area contributed by atoms with E-state index < -0.39 is 59.2 Å². The van der Waals surface area contributed by atoms with E-state index >= 15 is 0 Å². The minimum absolute atomic E-state index is 0.212. The van der Waals surface area contributed by atoms with Crippen molar-refractivity contribution in [1.82, 2.24) is 15.5 Å². The van der Waals surface area contributed by atoms with Gasteiger partial charge in [0, 0.05) is 24.7 Å². The summed E-state index contributed by atoms with van der Waals surface area (Å²) in [6, 6.07) is -2.64. The van der Waals surface area contributed by atoms with Crippen LogP contribution in [0.25, 0.3) is 0 Å². The summed E-state index contributed by atoms with van der Waals surface area (Å²) in [7, 11) is 0. The summed E-state index contributed by atoms with van der Waals surface area (Å²) in [6.45, 7) is 0.433. The Labute approximate surface area is 168 Å². The van der Waals surface area contributed by atoms with Crippen molar-refractivity contribution in [2.45, 2.75) is 31.3 Å². The number of hydrogen-bond acceptors (Lipinski definition) is 8. The zero-order chi connectivity index (χ0) is 22.0. The topological polar surface area (TPSA) is 211 Å². The molecule has 29 heavy (non-hydrogen) atoms. The Hall–Kier alpha value is -2.58. The number of carbonyl (C=O) groups excluding carboxylic acids is 4. The molecule has 1 fully saturated rings. The van der Waals surface area contributed by atoms with Crippen molar-refractivity contribution in [2.24, 2.45) is 10.9 Å². The predicted octanol–water partition coefficient (Wildman–Crippen LogP) is -2.95. The zero-order valence-corrected chi connectivity index (χ0v) is 16.3. The molecule has 4 amide bonds. The fourth-order valence-corrected chi connectivity index (χ4v) is 3.43. The second-order valence-electron chi connectivity index (χ2n) is 6.29. The molecule has 0 aromatic heterocycles. The Bertz CT molecular complexity index is 657. The Morgan fingerprint density at radius 2 is 1.90 bits per heavy atom. The fraction of sp³-hybridized carbons (Fsp3) is 0.667. The molecule has 0 aromatic carbocycles. The summed E-state index contributed by atoms with van der Waals surface area (Å²) in [5, 5.41) is 15.1. The molecule has 0 aromatic rings. The maximum Gasteiger partial charge on any atom is 0.322 e. The van der Waals surface area contributed by atoms with Gasteiger partial charge in [-0.05, 0) is 24.0 Å². The number of nitrogens with zero attached hydrogens (tertiary/aromatic N) is 2. The molecule has 0 spiro atoms. The SMILES string of the molecule is NC(CCC(=O)NC(C[S+]([O-])CC(=O)N1CCC1)C(=O)NCC(=O)O)C(=O)N=O. The summed E-state index contributed by atoms with van der Waals surface area (Å²) in [6.07, 6.45) is 0.319. The highest BCUT2D eigenvalue weighted by atomic mass is 32.2. The van der Waals surface area contributed by atoms with Gasteiger partial charge in [0.2, 0.25) is 11.8 Å². The molecule has 3 unspecified atom stereocenters. The summed E-state index contributed by atoms with van der Waals surface area (Å²) < 4.78 is 12.2. The average molecular weight is 433 g/mol. The standard InChI is InChI=1S/C15H23N5O8S/c16-9(14(25)19-27)2-3-11(21)18-10(15(26)17-6-13(23)24)7-29(28)8-12(22)20-4-1-5-20/h9-10H,1-8,16H2,(H,17,26)(H,18,21)(H,23,24). The van der Waals surface area contributed by atoms with E-state index in [-0.39, 0.29) is 24.5 Å². The van der Waals surface area contributed by atoms with Crippen molar-refractivity contribution in [3.05, 3.63) is 4.91 Å². The largest absolute Gasteiger partial charge is 0.616 e. The van der Waals surface area contributed by atoms with Crippen LogP contribution in [0.3, 0.4) is 0 Å². The highest BCUT2D eigenvalue weighted by Crippen LogP contribution is 2.08. The first-order valence-electron chi connectivity index (χ1n) is 8.68. The molecule has 13 nitrogen and oxygen atoms in total. The molecule has 1 aliphatic heterocycles. The van der Waals surface area contributed by atoms with Gasteiger partial charge in [-0.2, -0.15) is 0 Å². The van der Waals surface area contributed by atoms with Crippen molar-refractivity contribution >= 4 is 40.8 Å². The third-order valence-electron chi connectivity index (χ3n) is 4.00. The lowest BCUT2D eigenvalue weighted by Crippen LogP contribution is -2.52. The van der Waals surface area contributed by atoms with Crippen LogP contribution < -0.4 is 16.4 Å². The third-order valence-corrected chi connectivity index (χ3v) is 5.27. The lowest BCUT2D eigenvalue weighted by atomic mass is 10.1. The molecule has 0 bridgehead atoms. The van der Waals surface area contributed by atoms with Crippen LogP contribution in [-0.2, 0) is 35.1 Å². The molecule has 1 saturated heterocycles. The number of carbonyl (C=O) groups is 5. The average Bonchev–Trinajstić information content (AvgIpc) is 2.61. The molecule has 162 valence electrons. The molecule has 1 rings (SSSR count). The Morgan fingerprint density at radius 3 is 2.41 bits per heavy atom. The highest BCUT2D eigenvalue weighted by Gasteiger charge is 2.30. The van der Waals surface area contributed by atoms with Crippen molar-refractivity contribution < 1.29 is 33.6 Å². The number of nitrogens with one attached hydrogen (secondary N) is 2. The van der Waals surface area contributed by atoms with Gasteiger partial charge in [0.05, 0.1) is 6.04 Å². The number of nitrogens with two attached hydrogens (primary N) is 1. The first kappa shape index (κ1) is 24.5. The first-order valence-corrected chi connectivity index (χ1v) is 10.2. The molecule has 3 atom stereocenters. The van der Waals surface area contributed by atoms with E-state index in [0.29, 0.717) is 13.1 Å². The summed E-state index contributed by atoms with van der Waals surface area (Å²) >= 11 is -1.79.